The second-order valence-electron chi connectivity index (χ2n) is 9.28. The molecule has 1 aliphatic carbocycles. The van der Waals surface area contributed by atoms with Crippen LogP contribution in [0.3, 0.4) is 0 Å². The molecule has 0 aromatic carbocycles. The lowest BCUT2D eigenvalue weighted by molar-refractivity contribution is -0.0534. The number of likely N-dealkylation sites (tertiary alicyclic amines) is 1. The van der Waals surface area contributed by atoms with Gasteiger partial charge in [0.15, 0.2) is 5.00 Å². The summed E-state index contributed by atoms with van der Waals surface area (Å²) in [6.45, 7) is 5.94. The van der Waals surface area contributed by atoms with Crippen molar-refractivity contribution in [1.82, 2.24) is 14.4 Å². The number of thiophene rings is 1. The van der Waals surface area contributed by atoms with Crippen molar-refractivity contribution in [2.24, 2.45) is 11.8 Å². The fourth-order valence-electron chi connectivity index (χ4n) is 6.04. The number of nitrogens with zero attached hydrogens (tertiary/aromatic N) is 4. The first-order valence-electron chi connectivity index (χ1n) is 10.9. The van der Waals surface area contributed by atoms with E-state index in [2.05, 4.69) is 66.7 Å². The highest BCUT2D eigenvalue weighted by Crippen LogP contribution is 2.47. The van der Waals surface area contributed by atoms with E-state index in [1.165, 1.54) is 56.0 Å². The molecule has 3 fully saturated rings. The summed E-state index contributed by atoms with van der Waals surface area (Å²) < 4.78 is 0.705. The van der Waals surface area contributed by atoms with Gasteiger partial charge < -0.3 is 4.90 Å². The van der Waals surface area contributed by atoms with Gasteiger partial charge in [-0.25, -0.2) is 9.47 Å². The largest absolute Gasteiger partial charge is 0.368 e. The quantitative estimate of drug-likeness (QED) is 0.679. The molecule has 28 heavy (non-hydrogen) atoms. The minimum absolute atomic E-state index is 0.705. The topological polar surface area (TPSA) is 19.4 Å². The number of rotatable bonds is 5. The van der Waals surface area contributed by atoms with E-state index in [4.69, 9.17) is 4.98 Å². The highest BCUT2D eigenvalue weighted by Gasteiger charge is 2.55. The maximum absolute atomic E-state index is 4.88. The number of fused-ring (bicyclic) bond motifs is 1. The molecule has 0 amide bonds. The van der Waals surface area contributed by atoms with Crippen molar-refractivity contribution < 1.29 is 0 Å². The standard InChI is InChI=1S/C23H33N4S/c1-4-26-20-16-25(15-19(20)23(26)17-8-5-6-9-17)18-11-12-21(24-14-18)27(2,3)22-10-7-13-28-22/h7,10-14,17,19-20,23H,4-6,8-9,15-16H2,1-3H3/q+1. The van der Waals surface area contributed by atoms with Crippen LogP contribution in [0.2, 0.25) is 0 Å². The maximum Gasteiger partial charge on any atom is 0.232 e. The molecule has 2 saturated heterocycles. The van der Waals surface area contributed by atoms with E-state index in [1.54, 1.807) is 11.3 Å². The summed E-state index contributed by atoms with van der Waals surface area (Å²) in [5, 5.41) is 3.46. The van der Waals surface area contributed by atoms with Gasteiger partial charge in [-0.3, -0.25) is 4.90 Å². The van der Waals surface area contributed by atoms with Gasteiger partial charge in [-0.05, 0) is 42.8 Å². The second-order valence-corrected chi connectivity index (χ2v) is 10.2. The van der Waals surface area contributed by atoms with Crippen LogP contribution < -0.4 is 9.38 Å². The van der Waals surface area contributed by atoms with Gasteiger partial charge in [0.05, 0.1) is 26.0 Å². The number of pyridine rings is 1. The lowest BCUT2D eigenvalue weighted by Crippen LogP contribution is -2.65. The Kier molecular flexibility index (Phi) is 4.73. The van der Waals surface area contributed by atoms with Crippen LogP contribution in [0, 0.1) is 11.8 Å². The molecule has 0 N–H and O–H groups in total. The average Bonchev–Trinajstić information content (AvgIpc) is 3.45. The summed E-state index contributed by atoms with van der Waals surface area (Å²) in [6, 6.07) is 10.4. The normalized spacial score (nSPS) is 28.5. The fraction of sp³-hybridized carbons (Fsp3) is 0.609. The molecule has 150 valence electrons. The molecule has 2 aromatic rings. The van der Waals surface area contributed by atoms with Crippen molar-refractivity contribution >= 4 is 27.8 Å². The molecular formula is C23H33N4S+. The first-order chi connectivity index (χ1) is 13.6. The molecular weight excluding hydrogens is 364 g/mol. The zero-order chi connectivity index (χ0) is 19.3. The van der Waals surface area contributed by atoms with Crippen LogP contribution in [0.4, 0.5) is 16.5 Å². The van der Waals surface area contributed by atoms with E-state index < -0.39 is 0 Å². The van der Waals surface area contributed by atoms with Crippen LogP contribution in [-0.2, 0) is 0 Å². The SMILES string of the molecule is CCN1C2CN(c3ccc([N+](C)(C)c4cccs4)nc3)CC2C1C1CCCC1. The predicted octanol–water partition coefficient (Wildman–Crippen LogP) is 4.74. The number of hydrogen-bond acceptors (Lipinski definition) is 4. The Morgan fingerprint density at radius 2 is 1.96 bits per heavy atom. The van der Waals surface area contributed by atoms with E-state index in [9.17, 15) is 0 Å². The summed E-state index contributed by atoms with van der Waals surface area (Å²) in [5.74, 6) is 2.92. The number of quaternary nitrogens is 1. The zero-order valence-corrected chi connectivity index (χ0v) is 18.2. The van der Waals surface area contributed by atoms with E-state index in [0.717, 1.165) is 29.7 Å². The molecule has 1 saturated carbocycles. The van der Waals surface area contributed by atoms with Gasteiger partial charge in [0, 0.05) is 43.2 Å². The minimum atomic E-state index is 0.705. The zero-order valence-electron chi connectivity index (χ0n) is 17.4. The summed E-state index contributed by atoms with van der Waals surface area (Å²) in [6.07, 6.45) is 7.91. The summed E-state index contributed by atoms with van der Waals surface area (Å²) in [5.41, 5.74) is 1.30. The monoisotopic (exact) mass is 397 g/mol. The summed E-state index contributed by atoms with van der Waals surface area (Å²) in [7, 11) is 4.44. The van der Waals surface area contributed by atoms with Gasteiger partial charge in [-0.1, -0.05) is 31.1 Å². The van der Waals surface area contributed by atoms with Crippen LogP contribution >= 0.6 is 11.3 Å². The Labute approximate surface area is 173 Å². The molecule has 2 aromatic heterocycles. The Bertz CT molecular complexity index is 795. The number of hydrogen-bond donors (Lipinski definition) is 0. The average molecular weight is 398 g/mol. The molecule has 5 rings (SSSR count). The van der Waals surface area contributed by atoms with Crippen molar-refractivity contribution in [3.63, 3.8) is 0 Å². The Morgan fingerprint density at radius 3 is 2.61 bits per heavy atom. The van der Waals surface area contributed by atoms with Crippen LogP contribution in [0.5, 0.6) is 0 Å². The first-order valence-corrected chi connectivity index (χ1v) is 11.8. The van der Waals surface area contributed by atoms with Gasteiger partial charge in [0.25, 0.3) is 0 Å². The van der Waals surface area contributed by atoms with Gasteiger partial charge in [-0.2, -0.15) is 0 Å². The van der Waals surface area contributed by atoms with Crippen LogP contribution in [0.15, 0.2) is 35.8 Å². The molecule has 3 aliphatic rings. The Morgan fingerprint density at radius 1 is 1.14 bits per heavy atom. The number of aromatic nitrogens is 1. The van der Waals surface area contributed by atoms with Crippen molar-refractivity contribution in [2.75, 3.05) is 38.6 Å². The highest BCUT2D eigenvalue weighted by atomic mass is 32.1. The molecule has 0 radical (unpaired) electrons. The van der Waals surface area contributed by atoms with Crippen molar-refractivity contribution in [3.8, 4) is 0 Å². The maximum atomic E-state index is 4.88. The molecule has 0 spiro atoms. The molecule has 3 atom stereocenters. The van der Waals surface area contributed by atoms with Gasteiger partial charge >= 0.3 is 0 Å². The molecule has 3 unspecified atom stereocenters. The Hall–Kier alpha value is -1.43. The van der Waals surface area contributed by atoms with Crippen LogP contribution in [-0.4, -0.2) is 55.7 Å². The van der Waals surface area contributed by atoms with E-state index in [-0.39, 0.29) is 0 Å². The van der Waals surface area contributed by atoms with Gasteiger partial charge in [0.1, 0.15) is 0 Å². The third kappa shape index (κ3) is 2.90. The minimum Gasteiger partial charge on any atom is -0.368 e. The molecule has 4 nitrogen and oxygen atoms in total. The van der Waals surface area contributed by atoms with Crippen molar-refractivity contribution in [1.29, 1.82) is 0 Å². The lowest BCUT2D eigenvalue weighted by Gasteiger charge is -2.54. The van der Waals surface area contributed by atoms with Crippen LogP contribution in [0.1, 0.15) is 32.6 Å². The van der Waals surface area contributed by atoms with Crippen LogP contribution in [0.25, 0.3) is 0 Å². The molecule has 2 aliphatic heterocycles. The predicted molar refractivity (Wildman–Crippen MR) is 119 cm³/mol. The third-order valence-corrected chi connectivity index (χ3v) is 8.68. The lowest BCUT2D eigenvalue weighted by atomic mass is 9.74. The van der Waals surface area contributed by atoms with E-state index in [1.807, 2.05) is 0 Å². The summed E-state index contributed by atoms with van der Waals surface area (Å²) in [4.78, 5) is 10.3. The first kappa shape index (κ1) is 18.6. The van der Waals surface area contributed by atoms with Crippen molar-refractivity contribution in [3.05, 3.63) is 35.8 Å². The highest BCUT2D eigenvalue weighted by molar-refractivity contribution is 7.14. The van der Waals surface area contributed by atoms with E-state index in [0.29, 0.717) is 4.48 Å². The second kappa shape index (κ2) is 7.12. The number of likely N-dealkylation sites (N-methyl/N-ethyl adjacent to an activating group) is 1. The molecule has 0 bridgehead atoms. The molecule has 5 heteroatoms. The smallest absolute Gasteiger partial charge is 0.232 e. The van der Waals surface area contributed by atoms with Gasteiger partial charge in [-0.15, -0.1) is 0 Å². The van der Waals surface area contributed by atoms with E-state index >= 15 is 0 Å². The number of anilines is 1. The fourth-order valence-corrected chi connectivity index (χ4v) is 6.85. The Balaban J connectivity index is 1.31. The summed E-state index contributed by atoms with van der Waals surface area (Å²) >= 11 is 1.79. The van der Waals surface area contributed by atoms with Crippen molar-refractivity contribution in [2.45, 2.75) is 44.7 Å². The third-order valence-electron chi connectivity index (χ3n) is 7.56. The van der Waals surface area contributed by atoms with Gasteiger partial charge in [0.2, 0.25) is 5.82 Å². The molecule has 4 heterocycles.